The monoisotopic (exact) mass is 277 g/mol. The zero-order valence-corrected chi connectivity index (χ0v) is 10.4. The molecule has 0 aromatic heterocycles. The smallest absolute Gasteiger partial charge is 0.0638 e. The van der Waals surface area contributed by atoms with E-state index < -0.39 is 0 Å². The van der Waals surface area contributed by atoms with Crippen molar-refractivity contribution in [1.29, 1.82) is 0 Å². The van der Waals surface area contributed by atoms with E-state index in [1.54, 1.807) is 0 Å². The van der Waals surface area contributed by atoms with Crippen LogP contribution in [0, 0.1) is 0 Å². The van der Waals surface area contributed by atoms with Gasteiger partial charge in [-0.15, -0.1) is 0 Å². The van der Waals surface area contributed by atoms with E-state index >= 15 is 0 Å². The summed E-state index contributed by atoms with van der Waals surface area (Å²) >= 11 is 9.23. The van der Waals surface area contributed by atoms with Crippen LogP contribution in [0.1, 0.15) is 6.92 Å². The van der Waals surface area contributed by atoms with Gasteiger partial charge in [0, 0.05) is 23.3 Å². The van der Waals surface area contributed by atoms with Gasteiger partial charge in [-0.3, -0.25) is 0 Å². The maximum Gasteiger partial charge on any atom is 0.0638 e. The van der Waals surface area contributed by atoms with Gasteiger partial charge in [-0.1, -0.05) is 11.6 Å². The quantitative estimate of drug-likeness (QED) is 0.832. The summed E-state index contributed by atoms with van der Waals surface area (Å²) < 4.78 is 6.11. The summed E-state index contributed by atoms with van der Waals surface area (Å²) in [6.45, 7) is 4.27. The average Bonchev–Trinajstić information content (AvgIpc) is 2.18. The molecule has 1 aromatic rings. The van der Waals surface area contributed by atoms with Crippen molar-refractivity contribution in [3.8, 4) is 0 Å². The molecule has 0 fully saturated rings. The fourth-order valence-corrected chi connectivity index (χ4v) is 1.51. The van der Waals surface area contributed by atoms with Crippen LogP contribution in [0.3, 0.4) is 0 Å². The molecule has 0 bridgehead atoms. The van der Waals surface area contributed by atoms with E-state index in [9.17, 15) is 0 Å². The van der Waals surface area contributed by atoms with E-state index in [2.05, 4.69) is 21.2 Å². The molecule has 0 radical (unpaired) electrons. The normalized spacial score (nSPS) is 10.2. The Bertz CT molecular complexity index is 293. The molecule has 0 spiro atoms. The molecule has 78 valence electrons. The first-order chi connectivity index (χ1) is 6.74. The van der Waals surface area contributed by atoms with Gasteiger partial charge in [-0.05, 0) is 41.1 Å². The topological polar surface area (TPSA) is 21.3 Å². The zero-order valence-electron chi connectivity index (χ0n) is 8.02. The number of hydrogen-bond donors (Lipinski definition) is 1. The van der Waals surface area contributed by atoms with Crippen molar-refractivity contribution in [3.05, 3.63) is 27.7 Å². The minimum Gasteiger partial charge on any atom is -0.383 e. The van der Waals surface area contributed by atoms with Crippen LogP contribution < -0.4 is 5.32 Å². The van der Waals surface area contributed by atoms with E-state index in [1.807, 2.05) is 25.1 Å². The highest BCUT2D eigenvalue weighted by atomic mass is 79.9. The molecule has 0 amide bonds. The van der Waals surface area contributed by atoms with E-state index in [0.717, 1.165) is 34.9 Å². The van der Waals surface area contributed by atoms with Crippen molar-refractivity contribution in [2.24, 2.45) is 0 Å². The minimum atomic E-state index is 0.719. The van der Waals surface area contributed by atoms with E-state index in [1.165, 1.54) is 0 Å². The van der Waals surface area contributed by atoms with Crippen LogP contribution in [0.2, 0.25) is 5.02 Å². The molecule has 0 unspecified atom stereocenters. The van der Waals surface area contributed by atoms with Gasteiger partial charge in [-0.25, -0.2) is 0 Å². The summed E-state index contributed by atoms with van der Waals surface area (Å²) in [7, 11) is 0. The standard InChI is InChI=1S/C10H13BrClNO/c1-2-14-6-5-13-8-3-4-10(12)9(11)7-8/h3-4,7,13H,2,5-6H2,1H3. The fraction of sp³-hybridized carbons (Fsp3) is 0.400. The number of anilines is 1. The molecule has 0 aliphatic rings. The summed E-state index contributed by atoms with van der Waals surface area (Å²) in [6.07, 6.45) is 0. The van der Waals surface area contributed by atoms with Crippen LogP contribution in [0.15, 0.2) is 22.7 Å². The molecular formula is C10H13BrClNO. The molecule has 0 aliphatic heterocycles. The molecule has 0 saturated heterocycles. The summed E-state index contributed by atoms with van der Waals surface area (Å²) in [5.41, 5.74) is 1.04. The number of halogens is 2. The lowest BCUT2D eigenvalue weighted by Crippen LogP contribution is -2.08. The van der Waals surface area contributed by atoms with Gasteiger partial charge in [0.05, 0.1) is 11.6 Å². The number of rotatable bonds is 5. The highest BCUT2D eigenvalue weighted by Crippen LogP contribution is 2.25. The second-order valence-corrected chi connectivity index (χ2v) is 4.01. The van der Waals surface area contributed by atoms with Gasteiger partial charge in [0.1, 0.15) is 0 Å². The van der Waals surface area contributed by atoms with Crippen molar-refractivity contribution in [2.45, 2.75) is 6.92 Å². The molecule has 0 atom stereocenters. The second-order valence-electron chi connectivity index (χ2n) is 2.75. The Hall–Kier alpha value is -0.250. The third-order valence-electron chi connectivity index (χ3n) is 1.70. The maximum atomic E-state index is 5.87. The zero-order chi connectivity index (χ0) is 10.4. The first kappa shape index (κ1) is 11.8. The molecule has 1 aromatic carbocycles. The summed E-state index contributed by atoms with van der Waals surface area (Å²) in [5.74, 6) is 0. The number of hydrogen-bond acceptors (Lipinski definition) is 2. The molecule has 0 saturated carbocycles. The van der Waals surface area contributed by atoms with Gasteiger partial charge in [0.15, 0.2) is 0 Å². The summed E-state index contributed by atoms with van der Waals surface area (Å²) in [4.78, 5) is 0. The lowest BCUT2D eigenvalue weighted by atomic mass is 10.3. The van der Waals surface area contributed by atoms with Crippen molar-refractivity contribution in [1.82, 2.24) is 0 Å². The third kappa shape index (κ3) is 3.86. The Morgan fingerprint density at radius 3 is 2.93 bits per heavy atom. The highest BCUT2D eigenvalue weighted by Gasteiger charge is 1.97. The van der Waals surface area contributed by atoms with Gasteiger partial charge in [0.25, 0.3) is 0 Å². The largest absolute Gasteiger partial charge is 0.383 e. The molecular weight excluding hydrogens is 265 g/mol. The van der Waals surface area contributed by atoms with Crippen LogP contribution in [-0.4, -0.2) is 19.8 Å². The van der Waals surface area contributed by atoms with Gasteiger partial charge < -0.3 is 10.1 Å². The predicted octanol–water partition coefficient (Wildman–Crippen LogP) is 3.55. The predicted molar refractivity (Wildman–Crippen MR) is 64.1 cm³/mol. The average molecular weight is 279 g/mol. The van der Waals surface area contributed by atoms with Crippen molar-refractivity contribution < 1.29 is 4.74 Å². The number of nitrogens with one attached hydrogen (secondary N) is 1. The Morgan fingerprint density at radius 1 is 1.50 bits per heavy atom. The fourth-order valence-electron chi connectivity index (χ4n) is 1.02. The van der Waals surface area contributed by atoms with Crippen LogP contribution in [-0.2, 0) is 4.74 Å². The third-order valence-corrected chi connectivity index (χ3v) is 2.91. The van der Waals surface area contributed by atoms with Crippen molar-refractivity contribution in [2.75, 3.05) is 25.1 Å². The molecule has 1 N–H and O–H groups in total. The van der Waals surface area contributed by atoms with Crippen LogP contribution in [0.25, 0.3) is 0 Å². The lowest BCUT2D eigenvalue weighted by Gasteiger charge is -2.07. The Labute approximate surface area is 97.7 Å². The Balaban J connectivity index is 2.39. The van der Waals surface area contributed by atoms with Crippen LogP contribution in [0.5, 0.6) is 0 Å². The molecule has 1 rings (SSSR count). The van der Waals surface area contributed by atoms with Crippen LogP contribution >= 0.6 is 27.5 Å². The van der Waals surface area contributed by atoms with Gasteiger partial charge in [-0.2, -0.15) is 0 Å². The SMILES string of the molecule is CCOCCNc1ccc(Cl)c(Br)c1. The number of benzene rings is 1. The number of ether oxygens (including phenoxy) is 1. The molecule has 2 nitrogen and oxygen atoms in total. The van der Waals surface area contributed by atoms with Crippen molar-refractivity contribution in [3.63, 3.8) is 0 Å². The summed E-state index contributed by atoms with van der Waals surface area (Å²) in [6, 6.07) is 5.75. The van der Waals surface area contributed by atoms with Gasteiger partial charge in [0.2, 0.25) is 0 Å². The van der Waals surface area contributed by atoms with E-state index in [-0.39, 0.29) is 0 Å². The highest BCUT2D eigenvalue weighted by molar-refractivity contribution is 9.10. The first-order valence-electron chi connectivity index (χ1n) is 4.50. The second kappa shape index (κ2) is 6.27. The van der Waals surface area contributed by atoms with Crippen LogP contribution in [0.4, 0.5) is 5.69 Å². The Kier molecular flexibility index (Phi) is 5.30. The Morgan fingerprint density at radius 2 is 2.29 bits per heavy atom. The van der Waals surface area contributed by atoms with Crippen molar-refractivity contribution >= 4 is 33.2 Å². The molecule has 0 heterocycles. The first-order valence-corrected chi connectivity index (χ1v) is 5.67. The molecule has 14 heavy (non-hydrogen) atoms. The molecule has 4 heteroatoms. The minimum absolute atomic E-state index is 0.719. The maximum absolute atomic E-state index is 5.87. The van der Waals surface area contributed by atoms with E-state index in [4.69, 9.17) is 16.3 Å². The van der Waals surface area contributed by atoms with E-state index in [0.29, 0.717) is 0 Å². The lowest BCUT2D eigenvalue weighted by molar-refractivity contribution is 0.158. The van der Waals surface area contributed by atoms with Gasteiger partial charge >= 0.3 is 0 Å². The molecule has 0 aliphatic carbocycles. The summed E-state index contributed by atoms with van der Waals surface area (Å²) in [5, 5.41) is 3.96.